The largest absolute Gasteiger partial charge is 0.394 e. The SMILES string of the molecule is CCN(CC)C(=O)N1C[C@@H](C(F)(F)F)[C@H](S(=O)(=O)N(C)C)C1. The smallest absolute Gasteiger partial charge is 0.325 e. The molecule has 1 saturated heterocycles. The van der Waals surface area contributed by atoms with Gasteiger partial charge in [0.25, 0.3) is 0 Å². The second-order valence-corrected chi connectivity index (χ2v) is 7.74. The highest BCUT2D eigenvalue weighted by Gasteiger charge is 2.56. The van der Waals surface area contributed by atoms with E-state index in [0.29, 0.717) is 13.1 Å². The van der Waals surface area contributed by atoms with Crippen LogP contribution in [0.25, 0.3) is 0 Å². The zero-order valence-corrected chi connectivity index (χ0v) is 13.9. The first-order chi connectivity index (χ1) is 9.96. The zero-order chi connectivity index (χ0) is 17.3. The van der Waals surface area contributed by atoms with Crippen molar-refractivity contribution >= 4 is 16.1 Å². The third-order valence-corrected chi connectivity index (χ3v) is 6.14. The summed E-state index contributed by atoms with van der Waals surface area (Å²) in [5.74, 6) is -2.07. The quantitative estimate of drug-likeness (QED) is 0.769. The highest BCUT2D eigenvalue weighted by atomic mass is 32.2. The van der Waals surface area contributed by atoms with Gasteiger partial charge >= 0.3 is 12.2 Å². The molecule has 1 aliphatic rings. The molecule has 0 aromatic rings. The molecule has 0 bridgehead atoms. The van der Waals surface area contributed by atoms with E-state index in [1.807, 2.05) is 0 Å². The lowest BCUT2D eigenvalue weighted by Crippen LogP contribution is -2.44. The van der Waals surface area contributed by atoms with E-state index in [9.17, 15) is 26.4 Å². The third kappa shape index (κ3) is 3.65. The predicted octanol–water partition coefficient (Wildman–Crippen LogP) is 1.20. The Morgan fingerprint density at radius 1 is 1.18 bits per heavy atom. The number of halogens is 3. The van der Waals surface area contributed by atoms with Gasteiger partial charge in [-0.15, -0.1) is 0 Å². The van der Waals surface area contributed by atoms with Crippen molar-refractivity contribution < 1.29 is 26.4 Å². The molecule has 0 spiro atoms. The lowest BCUT2D eigenvalue weighted by Gasteiger charge is -2.26. The number of carbonyl (C=O) groups excluding carboxylic acids is 1. The number of rotatable bonds is 4. The summed E-state index contributed by atoms with van der Waals surface area (Å²) in [6.07, 6.45) is -4.67. The van der Waals surface area contributed by atoms with Crippen LogP contribution in [0.5, 0.6) is 0 Å². The van der Waals surface area contributed by atoms with Crippen LogP contribution < -0.4 is 0 Å². The second-order valence-electron chi connectivity index (χ2n) is 5.37. The van der Waals surface area contributed by atoms with Crippen LogP contribution in [0, 0.1) is 5.92 Å². The molecule has 0 radical (unpaired) electrons. The van der Waals surface area contributed by atoms with Crippen LogP contribution in [-0.4, -0.2) is 80.3 Å². The Labute approximate surface area is 128 Å². The van der Waals surface area contributed by atoms with Crippen molar-refractivity contribution in [3.63, 3.8) is 0 Å². The number of hydrogen-bond acceptors (Lipinski definition) is 3. The van der Waals surface area contributed by atoms with E-state index in [-0.39, 0.29) is 0 Å². The number of nitrogens with zero attached hydrogens (tertiary/aromatic N) is 3. The number of urea groups is 1. The van der Waals surface area contributed by atoms with Gasteiger partial charge in [-0.2, -0.15) is 13.2 Å². The molecule has 0 aromatic heterocycles. The highest BCUT2D eigenvalue weighted by molar-refractivity contribution is 7.89. The van der Waals surface area contributed by atoms with Gasteiger partial charge in [-0.05, 0) is 13.8 Å². The first-order valence-corrected chi connectivity index (χ1v) is 8.49. The lowest BCUT2D eigenvalue weighted by atomic mass is 10.1. The molecule has 2 atom stereocenters. The zero-order valence-electron chi connectivity index (χ0n) is 13.1. The molecular weight excluding hydrogens is 323 g/mol. The van der Waals surface area contributed by atoms with Crippen molar-refractivity contribution in [2.75, 3.05) is 40.3 Å². The van der Waals surface area contributed by atoms with Crippen molar-refractivity contribution in [3.8, 4) is 0 Å². The maximum absolute atomic E-state index is 13.2. The van der Waals surface area contributed by atoms with E-state index < -0.39 is 46.5 Å². The topological polar surface area (TPSA) is 60.9 Å². The van der Waals surface area contributed by atoms with Gasteiger partial charge in [0.2, 0.25) is 10.0 Å². The van der Waals surface area contributed by atoms with Crippen molar-refractivity contribution in [2.45, 2.75) is 25.3 Å². The van der Waals surface area contributed by atoms with Gasteiger partial charge in [-0.3, -0.25) is 0 Å². The normalized spacial score (nSPS) is 23.2. The van der Waals surface area contributed by atoms with E-state index in [4.69, 9.17) is 0 Å². The summed E-state index contributed by atoms with van der Waals surface area (Å²) in [7, 11) is -1.73. The number of likely N-dealkylation sites (tertiary alicyclic amines) is 1. The Kier molecular flexibility index (Phi) is 5.71. The Morgan fingerprint density at radius 3 is 2.05 bits per heavy atom. The predicted molar refractivity (Wildman–Crippen MR) is 75.8 cm³/mol. The summed E-state index contributed by atoms with van der Waals surface area (Å²) in [5, 5.41) is -1.66. The Balaban J connectivity index is 3.10. The lowest BCUT2D eigenvalue weighted by molar-refractivity contribution is -0.169. The average molecular weight is 345 g/mol. The van der Waals surface area contributed by atoms with Crippen LogP contribution in [0.15, 0.2) is 0 Å². The molecule has 0 unspecified atom stereocenters. The molecule has 22 heavy (non-hydrogen) atoms. The first kappa shape index (κ1) is 19.0. The maximum Gasteiger partial charge on any atom is 0.394 e. The van der Waals surface area contributed by atoms with Crippen LogP contribution in [-0.2, 0) is 10.0 Å². The van der Waals surface area contributed by atoms with Crippen molar-refractivity contribution in [1.82, 2.24) is 14.1 Å². The summed E-state index contributed by atoms with van der Waals surface area (Å²) in [4.78, 5) is 14.6. The van der Waals surface area contributed by atoms with Crippen molar-refractivity contribution in [3.05, 3.63) is 0 Å². The molecular formula is C12H22F3N3O3S. The van der Waals surface area contributed by atoms with Gasteiger partial charge < -0.3 is 9.80 Å². The van der Waals surface area contributed by atoms with Crippen LogP contribution in [0.4, 0.5) is 18.0 Å². The van der Waals surface area contributed by atoms with Gasteiger partial charge in [0.1, 0.15) is 5.25 Å². The maximum atomic E-state index is 13.2. The number of hydrogen-bond donors (Lipinski definition) is 0. The summed E-state index contributed by atoms with van der Waals surface area (Å²) < 4.78 is 64.6. The minimum Gasteiger partial charge on any atom is -0.325 e. The second kappa shape index (κ2) is 6.61. The molecule has 1 aliphatic heterocycles. The summed E-state index contributed by atoms with van der Waals surface area (Å²) in [6, 6.07) is -0.560. The van der Waals surface area contributed by atoms with Crippen molar-refractivity contribution in [2.24, 2.45) is 5.92 Å². The summed E-state index contributed by atoms with van der Waals surface area (Å²) >= 11 is 0. The standard InChI is InChI=1S/C12H22F3N3O3S/c1-5-17(6-2)11(19)18-7-9(12(13,14)15)10(8-18)22(20,21)16(3)4/h9-10H,5-8H2,1-4H3/t9-,10-/m1/s1. The Morgan fingerprint density at radius 2 is 1.68 bits per heavy atom. The summed E-state index contributed by atoms with van der Waals surface area (Å²) in [5.41, 5.74) is 0. The van der Waals surface area contributed by atoms with E-state index in [1.165, 1.54) is 19.0 Å². The van der Waals surface area contributed by atoms with Gasteiger partial charge in [-0.25, -0.2) is 17.5 Å². The fourth-order valence-corrected chi connectivity index (χ4v) is 4.08. The molecule has 0 aliphatic carbocycles. The fraction of sp³-hybridized carbons (Fsp3) is 0.917. The summed E-state index contributed by atoms with van der Waals surface area (Å²) in [6.45, 7) is 3.07. The van der Waals surface area contributed by atoms with E-state index in [0.717, 1.165) is 9.21 Å². The van der Waals surface area contributed by atoms with Gasteiger partial charge in [0.05, 0.1) is 5.92 Å². The fourth-order valence-electron chi connectivity index (χ4n) is 2.51. The van der Waals surface area contributed by atoms with E-state index in [1.54, 1.807) is 13.8 Å². The van der Waals surface area contributed by atoms with Crippen LogP contribution in [0.3, 0.4) is 0 Å². The number of carbonyl (C=O) groups is 1. The van der Waals surface area contributed by atoms with Gasteiger partial charge in [-0.1, -0.05) is 0 Å². The molecule has 1 heterocycles. The minimum atomic E-state index is -4.67. The molecule has 1 rings (SSSR count). The van der Waals surface area contributed by atoms with E-state index in [2.05, 4.69) is 0 Å². The third-order valence-electron chi connectivity index (χ3n) is 3.88. The number of amides is 2. The molecule has 6 nitrogen and oxygen atoms in total. The number of sulfonamides is 1. The highest BCUT2D eigenvalue weighted by Crippen LogP contribution is 2.38. The Hall–Kier alpha value is -1.03. The average Bonchev–Trinajstić information content (AvgIpc) is 2.85. The molecule has 1 fully saturated rings. The molecule has 0 N–H and O–H groups in total. The van der Waals surface area contributed by atoms with Gasteiger partial charge in [0, 0.05) is 40.3 Å². The monoisotopic (exact) mass is 345 g/mol. The first-order valence-electron chi connectivity index (χ1n) is 6.98. The van der Waals surface area contributed by atoms with E-state index >= 15 is 0 Å². The molecule has 10 heteroatoms. The minimum absolute atomic E-state index is 0.355. The molecule has 2 amide bonds. The Bertz CT molecular complexity index is 503. The molecule has 130 valence electrons. The van der Waals surface area contributed by atoms with Crippen LogP contribution >= 0.6 is 0 Å². The van der Waals surface area contributed by atoms with Crippen LogP contribution in [0.1, 0.15) is 13.8 Å². The molecule has 0 saturated carbocycles. The number of alkyl halides is 3. The van der Waals surface area contributed by atoms with Crippen LogP contribution in [0.2, 0.25) is 0 Å². The molecule has 0 aromatic carbocycles. The van der Waals surface area contributed by atoms with Crippen molar-refractivity contribution in [1.29, 1.82) is 0 Å². The van der Waals surface area contributed by atoms with Gasteiger partial charge in [0.15, 0.2) is 0 Å².